The Morgan fingerprint density at radius 1 is 1.17 bits per heavy atom. The van der Waals surface area contributed by atoms with E-state index in [2.05, 4.69) is 5.32 Å². The zero-order valence-corrected chi connectivity index (χ0v) is 12.2. The minimum absolute atomic E-state index is 0.436. The minimum Gasteiger partial charge on any atom is -0.475 e. The number of amides is 1. The van der Waals surface area contributed by atoms with Crippen LogP contribution in [0, 0.1) is 0 Å². The van der Waals surface area contributed by atoms with Gasteiger partial charge in [-0.1, -0.05) is 0 Å². The molecule has 0 radical (unpaired) electrons. The molecule has 0 aromatic heterocycles. The van der Waals surface area contributed by atoms with Gasteiger partial charge in [0.2, 0.25) is 6.17 Å². The van der Waals surface area contributed by atoms with Crippen LogP contribution in [0.2, 0.25) is 0 Å². The summed E-state index contributed by atoms with van der Waals surface area (Å²) in [6.07, 6.45) is -7.06. The number of aliphatic carboxylic acids is 1. The van der Waals surface area contributed by atoms with Gasteiger partial charge in [-0.2, -0.15) is 13.2 Å². The molecule has 0 fully saturated rings. The Bertz CT molecular complexity index is 538. The third-order valence-corrected chi connectivity index (χ3v) is 2.27. The molecule has 1 amide bonds. The first-order valence-corrected chi connectivity index (χ1v) is 6.08. The third kappa shape index (κ3) is 8.00. The lowest BCUT2D eigenvalue weighted by Gasteiger charge is -2.21. The number of nitrogens with one attached hydrogen (secondary N) is 1. The molecule has 0 aliphatic carbocycles. The van der Waals surface area contributed by atoms with Crippen molar-refractivity contribution in [3.63, 3.8) is 0 Å². The number of hydrogen-bond acceptors (Lipinski definition) is 4. The second kappa shape index (κ2) is 7.77. The maximum absolute atomic E-state index is 13.4. The molecule has 1 aromatic rings. The highest BCUT2D eigenvalue weighted by molar-refractivity contribution is 5.94. The van der Waals surface area contributed by atoms with E-state index in [0.717, 1.165) is 0 Å². The van der Waals surface area contributed by atoms with Gasteiger partial charge < -0.3 is 21.3 Å². The van der Waals surface area contributed by atoms with Crippen LogP contribution in [0.1, 0.15) is 13.8 Å². The van der Waals surface area contributed by atoms with Crippen LogP contribution in [-0.4, -0.2) is 40.0 Å². The highest BCUT2D eigenvalue weighted by Gasteiger charge is 2.38. The Morgan fingerprint density at radius 2 is 1.57 bits per heavy atom. The predicted octanol–water partition coefficient (Wildman–Crippen LogP) is 1.95. The molecule has 1 unspecified atom stereocenters. The first kappa shape index (κ1) is 20.6. The highest BCUT2D eigenvalue weighted by atomic mass is 19.4. The number of carbonyl (C=O) groups is 2. The fourth-order valence-corrected chi connectivity index (χ4v) is 1.09. The monoisotopic (exact) mass is 340 g/mol. The summed E-state index contributed by atoms with van der Waals surface area (Å²) in [6, 6.07) is 6.30. The topological polar surface area (TPSA) is 113 Å². The van der Waals surface area contributed by atoms with Crippen LogP contribution in [0.15, 0.2) is 24.3 Å². The molecule has 1 aromatic carbocycles. The van der Waals surface area contributed by atoms with Gasteiger partial charge in [-0.3, -0.25) is 4.79 Å². The number of rotatable bonds is 3. The molecular weight excluding hydrogens is 324 g/mol. The largest absolute Gasteiger partial charge is 0.490 e. The van der Waals surface area contributed by atoms with Crippen LogP contribution in [0.25, 0.3) is 0 Å². The summed E-state index contributed by atoms with van der Waals surface area (Å²) in [4.78, 5) is 20.3. The van der Waals surface area contributed by atoms with Gasteiger partial charge in [-0.25, -0.2) is 9.18 Å². The van der Waals surface area contributed by atoms with Crippen molar-refractivity contribution in [3.05, 3.63) is 24.3 Å². The van der Waals surface area contributed by atoms with Crippen molar-refractivity contribution in [2.75, 3.05) is 11.1 Å². The Balaban J connectivity index is 0.000000585. The summed E-state index contributed by atoms with van der Waals surface area (Å²) in [6.45, 7) is 2.47. The molecule has 6 nitrogen and oxygen atoms in total. The number of anilines is 2. The molecule has 0 saturated carbocycles. The van der Waals surface area contributed by atoms with Gasteiger partial charge in [0.15, 0.2) is 0 Å². The molecule has 0 spiro atoms. The molecule has 23 heavy (non-hydrogen) atoms. The number of nitrogens with two attached hydrogens (primary N) is 1. The maximum Gasteiger partial charge on any atom is 0.490 e. The molecule has 0 aliphatic heterocycles. The van der Waals surface area contributed by atoms with Crippen molar-refractivity contribution in [2.24, 2.45) is 0 Å². The molecule has 0 saturated heterocycles. The van der Waals surface area contributed by atoms with Gasteiger partial charge in [0.05, 0.1) is 5.60 Å². The van der Waals surface area contributed by atoms with Crippen molar-refractivity contribution in [3.8, 4) is 0 Å². The fourth-order valence-electron chi connectivity index (χ4n) is 1.09. The van der Waals surface area contributed by atoms with E-state index in [1.165, 1.54) is 13.8 Å². The number of carboxylic acid groups (broad SMARTS) is 1. The average Bonchev–Trinajstić information content (AvgIpc) is 2.39. The van der Waals surface area contributed by atoms with Crippen LogP contribution < -0.4 is 11.1 Å². The van der Waals surface area contributed by atoms with Crippen molar-refractivity contribution in [1.29, 1.82) is 0 Å². The van der Waals surface area contributed by atoms with Gasteiger partial charge in [-0.15, -0.1) is 0 Å². The SMILES string of the molecule is CC(C)(O)C(F)C(=O)Nc1ccc(N)cc1.O=C(O)C(F)(F)F. The lowest BCUT2D eigenvalue weighted by molar-refractivity contribution is -0.192. The van der Waals surface area contributed by atoms with Gasteiger partial charge in [0.25, 0.3) is 5.91 Å². The van der Waals surface area contributed by atoms with Crippen LogP contribution in [0.3, 0.4) is 0 Å². The standard InChI is InChI=1S/C11H15FN2O2.C2HF3O2/c1-11(2,16)9(12)10(15)14-8-5-3-7(13)4-6-8;3-2(4,5)1(6)7/h3-6,9,16H,13H2,1-2H3,(H,14,15);(H,6,7). The second-order valence-electron chi connectivity index (χ2n) is 4.93. The number of hydrogen-bond donors (Lipinski definition) is 4. The number of carbonyl (C=O) groups excluding carboxylic acids is 1. The molecule has 0 heterocycles. The molecule has 10 heteroatoms. The Labute approximate surface area is 128 Å². The van der Waals surface area contributed by atoms with Gasteiger partial charge in [-0.05, 0) is 38.1 Å². The number of carboxylic acids is 1. The second-order valence-corrected chi connectivity index (χ2v) is 4.93. The minimum atomic E-state index is -5.08. The van der Waals surface area contributed by atoms with E-state index in [-0.39, 0.29) is 0 Å². The number of nitrogen functional groups attached to an aromatic ring is 1. The van der Waals surface area contributed by atoms with Crippen LogP contribution in [0.5, 0.6) is 0 Å². The van der Waals surface area contributed by atoms with E-state index >= 15 is 0 Å². The number of benzene rings is 1. The first-order valence-electron chi connectivity index (χ1n) is 6.08. The van der Waals surface area contributed by atoms with Crippen molar-refractivity contribution in [2.45, 2.75) is 31.8 Å². The number of halogens is 4. The molecular formula is C13H16F4N2O4. The van der Waals surface area contributed by atoms with Gasteiger partial charge in [0, 0.05) is 11.4 Å². The summed E-state index contributed by atoms with van der Waals surface area (Å²) in [5.74, 6) is -3.63. The van der Waals surface area contributed by atoms with E-state index in [1.54, 1.807) is 24.3 Å². The van der Waals surface area contributed by atoms with Crippen molar-refractivity contribution < 1.29 is 37.4 Å². The molecule has 1 atom stereocenters. The number of aliphatic hydroxyl groups is 1. The highest BCUT2D eigenvalue weighted by Crippen LogP contribution is 2.16. The smallest absolute Gasteiger partial charge is 0.475 e. The number of alkyl halides is 4. The van der Waals surface area contributed by atoms with E-state index in [4.69, 9.17) is 15.6 Å². The van der Waals surface area contributed by atoms with Gasteiger partial charge >= 0.3 is 12.1 Å². The van der Waals surface area contributed by atoms with Gasteiger partial charge in [0.1, 0.15) is 0 Å². The van der Waals surface area contributed by atoms with Crippen LogP contribution in [-0.2, 0) is 9.59 Å². The molecule has 0 aliphatic rings. The van der Waals surface area contributed by atoms with Crippen LogP contribution >= 0.6 is 0 Å². The third-order valence-electron chi connectivity index (χ3n) is 2.27. The summed E-state index contributed by atoms with van der Waals surface area (Å²) in [5.41, 5.74) is 4.75. The Kier molecular flexibility index (Phi) is 6.97. The fraction of sp³-hybridized carbons (Fsp3) is 0.385. The molecule has 0 bridgehead atoms. The van der Waals surface area contributed by atoms with E-state index < -0.39 is 29.8 Å². The van der Waals surface area contributed by atoms with Crippen molar-refractivity contribution in [1.82, 2.24) is 0 Å². The average molecular weight is 340 g/mol. The Morgan fingerprint density at radius 3 is 1.87 bits per heavy atom. The summed E-state index contributed by atoms with van der Waals surface area (Å²) < 4.78 is 45.1. The first-order chi connectivity index (χ1) is 10.2. The van der Waals surface area contributed by atoms with Crippen molar-refractivity contribution >= 4 is 23.3 Å². The van der Waals surface area contributed by atoms with E-state index in [0.29, 0.717) is 11.4 Å². The lowest BCUT2D eigenvalue weighted by atomic mass is 10.0. The van der Waals surface area contributed by atoms with E-state index in [9.17, 15) is 27.5 Å². The quantitative estimate of drug-likeness (QED) is 0.496. The summed E-state index contributed by atoms with van der Waals surface area (Å²) >= 11 is 0. The molecule has 5 N–H and O–H groups in total. The normalized spacial score (nSPS) is 12.7. The predicted molar refractivity (Wildman–Crippen MR) is 74.4 cm³/mol. The maximum atomic E-state index is 13.4. The zero-order valence-electron chi connectivity index (χ0n) is 12.2. The lowest BCUT2D eigenvalue weighted by Crippen LogP contribution is -2.41. The van der Waals surface area contributed by atoms with Crippen LogP contribution in [0.4, 0.5) is 28.9 Å². The Hall–Kier alpha value is -2.36. The van der Waals surface area contributed by atoms with E-state index in [1.807, 2.05) is 0 Å². The molecule has 130 valence electrons. The molecule has 1 rings (SSSR count). The summed E-state index contributed by atoms with van der Waals surface area (Å²) in [7, 11) is 0. The zero-order chi connectivity index (χ0) is 18.4. The summed E-state index contributed by atoms with van der Waals surface area (Å²) in [5, 5.41) is 18.8.